The third-order valence-electron chi connectivity index (χ3n) is 7.41. The Labute approximate surface area is 242 Å². The molecule has 1 saturated heterocycles. The van der Waals surface area contributed by atoms with Crippen molar-refractivity contribution in [2.24, 2.45) is 5.92 Å². The van der Waals surface area contributed by atoms with E-state index < -0.39 is 0 Å². The summed E-state index contributed by atoms with van der Waals surface area (Å²) in [5.41, 5.74) is 5.11. The summed E-state index contributed by atoms with van der Waals surface area (Å²) >= 11 is 3.54. The quantitative estimate of drug-likeness (QED) is 0.206. The summed E-state index contributed by atoms with van der Waals surface area (Å²) < 4.78 is 9.16. The van der Waals surface area contributed by atoms with Crippen molar-refractivity contribution >= 4 is 38.6 Å². The van der Waals surface area contributed by atoms with Crippen molar-refractivity contribution in [1.82, 2.24) is 14.5 Å². The molecule has 0 saturated carbocycles. The van der Waals surface area contributed by atoms with Crippen molar-refractivity contribution < 1.29 is 9.53 Å². The fourth-order valence-electron chi connectivity index (χ4n) is 5.23. The number of nitrogens with one attached hydrogen (secondary N) is 1. The lowest BCUT2D eigenvalue weighted by Crippen LogP contribution is -2.38. The monoisotopic (exact) mass is 594 g/mol. The number of carbonyl (C=O) groups is 1. The Hall–Kier alpha value is -3.94. The highest BCUT2D eigenvalue weighted by Gasteiger charge is 2.26. The predicted octanol–water partition coefficient (Wildman–Crippen LogP) is 7.22. The van der Waals surface area contributed by atoms with Gasteiger partial charge in [0.2, 0.25) is 5.91 Å². The van der Waals surface area contributed by atoms with E-state index in [0.29, 0.717) is 6.61 Å². The number of nitrogens with zero attached hydrogens (tertiary/aromatic N) is 3. The molecule has 5 aromatic rings. The maximum atomic E-state index is 13.0. The summed E-state index contributed by atoms with van der Waals surface area (Å²) in [5.74, 6) is 1.88. The Kier molecular flexibility index (Phi) is 7.93. The Morgan fingerprint density at radius 2 is 1.57 bits per heavy atom. The normalized spacial score (nSPS) is 14.3. The summed E-state index contributed by atoms with van der Waals surface area (Å²) in [5, 5.41) is 3.10. The fourth-order valence-corrected chi connectivity index (χ4v) is 5.50. The highest BCUT2D eigenvalue weighted by molar-refractivity contribution is 9.10. The van der Waals surface area contributed by atoms with Crippen LogP contribution >= 0.6 is 15.9 Å². The van der Waals surface area contributed by atoms with Crippen molar-refractivity contribution in [3.8, 4) is 11.4 Å². The molecule has 7 heteroatoms. The maximum absolute atomic E-state index is 13.0. The first-order chi connectivity index (χ1) is 19.6. The van der Waals surface area contributed by atoms with E-state index in [4.69, 9.17) is 9.72 Å². The number of amides is 1. The van der Waals surface area contributed by atoms with E-state index in [2.05, 4.69) is 73.2 Å². The van der Waals surface area contributed by atoms with E-state index in [-0.39, 0.29) is 11.8 Å². The average molecular weight is 596 g/mol. The van der Waals surface area contributed by atoms with Gasteiger partial charge in [-0.3, -0.25) is 14.3 Å². The first-order valence-electron chi connectivity index (χ1n) is 13.6. The standard InChI is InChI=1S/C33H31BrN4O2/c34-26-10-14-28(15-11-26)38-31-9-5-4-8-30(31)36-32(38)22-37-20-18-25(19-21-37)33(39)35-27-12-16-29(17-13-27)40-23-24-6-2-1-3-7-24/h1-17,25H,18-23H2,(H,35,39). The molecule has 1 aliphatic heterocycles. The minimum Gasteiger partial charge on any atom is -0.489 e. The molecule has 202 valence electrons. The minimum atomic E-state index is -0.00412. The molecule has 0 spiro atoms. The van der Waals surface area contributed by atoms with Crippen molar-refractivity contribution in [1.29, 1.82) is 0 Å². The number of fused-ring (bicyclic) bond motifs is 1. The third kappa shape index (κ3) is 6.11. The van der Waals surface area contributed by atoms with Crippen molar-refractivity contribution in [2.45, 2.75) is 26.0 Å². The molecule has 1 N–H and O–H groups in total. The van der Waals surface area contributed by atoms with Crippen LogP contribution in [0.4, 0.5) is 5.69 Å². The van der Waals surface area contributed by atoms with Gasteiger partial charge in [-0.1, -0.05) is 58.4 Å². The van der Waals surface area contributed by atoms with Crippen molar-refractivity contribution in [3.63, 3.8) is 0 Å². The number of halogens is 1. The fraction of sp³-hybridized carbons (Fsp3) is 0.212. The predicted molar refractivity (Wildman–Crippen MR) is 163 cm³/mol. The van der Waals surface area contributed by atoms with Gasteiger partial charge in [-0.2, -0.15) is 0 Å². The van der Waals surface area contributed by atoms with E-state index in [1.807, 2.05) is 60.7 Å². The molecular formula is C33H31BrN4O2. The molecule has 0 atom stereocenters. The zero-order valence-electron chi connectivity index (χ0n) is 22.2. The molecule has 0 unspecified atom stereocenters. The smallest absolute Gasteiger partial charge is 0.227 e. The molecule has 6 rings (SSSR count). The number of ether oxygens (including phenoxy) is 1. The number of para-hydroxylation sites is 2. The van der Waals surface area contributed by atoms with Crippen LogP contribution in [0.25, 0.3) is 16.7 Å². The molecule has 1 aromatic heterocycles. The number of likely N-dealkylation sites (tertiary alicyclic amines) is 1. The average Bonchev–Trinajstić information content (AvgIpc) is 3.36. The molecule has 0 aliphatic carbocycles. The topological polar surface area (TPSA) is 59.4 Å². The Balaban J connectivity index is 1.05. The number of rotatable bonds is 8. The highest BCUT2D eigenvalue weighted by atomic mass is 79.9. The second-order valence-corrected chi connectivity index (χ2v) is 11.1. The largest absolute Gasteiger partial charge is 0.489 e. The van der Waals surface area contributed by atoms with Gasteiger partial charge in [-0.25, -0.2) is 4.98 Å². The summed E-state index contributed by atoms with van der Waals surface area (Å²) in [6.07, 6.45) is 1.64. The van der Waals surface area contributed by atoms with Crippen LogP contribution in [0.1, 0.15) is 24.2 Å². The SMILES string of the molecule is O=C(Nc1ccc(OCc2ccccc2)cc1)C1CCN(Cc2nc3ccccc3n2-c2ccc(Br)cc2)CC1. The van der Waals surface area contributed by atoms with Crippen LogP contribution in [0.15, 0.2) is 108 Å². The number of hydrogen-bond donors (Lipinski definition) is 1. The van der Waals surface area contributed by atoms with Crippen LogP contribution in [0.3, 0.4) is 0 Å². The van der Waals surface area contributed by atoms with E-state index >= 15 is 0 Å². The van der Waals surface area contributed by atoms with Gasteiger partial charge >= 0.3 is 0 Å². The summed E-state index contributed by atoms with van der Waals surface area (Å²) in [6, 6.07) is 34.3. The van der Waals surface area contributed by atoms with Gasteiger partial charge in [0, 0.05) is 21.8 Å². The lowest BCUT2D eigenvalue weighted by molar-refractivity contribution is -0.121. The number of imidazole rings is 1. The van der Waals surface area contributed by atoms with Crippen LogP contribution in [0, 0.1) is 5.92 Å². The maximum Gasteiger partial charge on any atom is 0.227 e. The summed E-state index contributed by atoms with van der Waals surface area (Å²) in [7, 11) is 0. The minimum absolute atomic E-state index is 0.00412. The summed E-state index contributed by atoms with van der Waals surface area (Å²) in [4.78, 5) is 20.4. The molecule has 2 heterocycles. The van der Waals surface area contributed by atoms with Crippen LogP contribution in [-0.4, -0.2) is 33.4 Å². The number of carbonyl (C=O) groups excluding carboxylic acids is 1. The first-order valence-corrected chi connectivity index (χ1v) is 14.4. The third-order valence-corrected chi connectivity index (χ3v) is 7.94. The van der Waals surface area contributed by atoms with Crippen LogP contribution in [0.5, 0.6) is 5.75 Å². The van der Waals surface area contributed by atoms with Crippen LogP contribution < -0.4 is 10.1 Å². The molecule has 1 amide bonds. The van der Waals surface area contributed by atoms with Gasteiger partial charge in [-0.05, 0) is 92.2 Å². The van der Waals surface area contributed by atoms with Gasteiger partial charge in [0.05, 0.1) is 17.6 Å². The molecular weight excluding hydrogens is 564 g/mol. The van der Waals surface area contributed by atoms with Gasteiger partial charge in [0.25, 0.3) is 0 Å². The number of hydrogen-bond acceptors (Lipinski definition) is 4. The van der Waals surface area contributed by atoms with Gasteiger partial charge < -0.3 is 10.1 Å². The molecule has 6 nitrogen and oxygen atoms in total. The first kappa shape index (κ1) is 26.3. The Morgan fingerprint density at radius 3 is 2.33 bits per heavy atom. The summed E-state index contributed by atoms with van der Waals surface area (Å²) in [6.45, 7) is 2.97. The zero-order chi connectivity index (χ0) is 27.3. The number of anilines is 1. The molecule has 0 bridgehead atoms. The molecule has 4 aromatic carbocycles. The van der Waals surface area contributed by atoms with Gasteiger partial charge in [-0.15, -0.1) is 0 Å². The second kappa shape index (κ2) is 12.1. The molecule has 1 fully saturated rings. The molecule has 1 aliphatic rings. The van der Waals surface area contributed by atoms with E-state index in [1.165, 1.54) is 0 Å². The lowest BCUT2D eigenvalue weighted by Gasteiger charge is -2.31. The van der Waals surface area contributed by atoms with Crippen LogP contribution in [-0.2, 0) is 17.9 Å². The number of piperidine rings is 1. The Morgan fingerprint density at radius 1 is 0.875 bits per heavy atom. The van der Waals surface area contributed by atoms with E-state index in [9.17, 15) is 4.79 Å². The van der Waals surface area contributed by atoms with Crippen LogP contribution in [0.2, 0.25) is 0 Å². The van der Waals surface area contributed by atoms with Gasteiger partial charge in [0.1, 0.15) is 18.2 Å². The van der Waals surface area contributed by atoms with Crippen molar-refractivity contribution in [3.05, 3.63) is 119 Å². The zero-order valence-corrected chi connectivity index (χ0v) is 23.8. The van der Waals surface area contributed by atoms with Gasteiger partial charge in [0.15, 0.2) is 0 Å². The second-order valence-electron chi connectivity index (χ2n) is 10.2. The highest BCUT2D eigenvalue weighted by Crippen LogP contribution is 2.26. The van der Waals surface area contributed by atoms with E-state index in [0.717, 1.165) is 76.5 Å². The molecule has 0 radical (unpaired) electrons. The van der Waals surface area contributed by atoms with E-state index in [1.54, 1.807) is 0 Å². The lowest BCUT2D eigenvalue weighted by atomic mass is 9.96. The molecule has 40 heavy (non-hydrogen) atoms. The number of benzene rings is 4. The Bertz CT molecular complexity index is 1580. The van der Waals surface area contributed by atoms with Crippen molar-refractivity contribution in [2.75, 3.05) is 18.4 Å². The number of aromatic nitrogens is 2.